The highest BCUT2D eigenvalue weighted by Gasteiger charge is 2.35. The van der Waals surface area contributed by atoms with Crippen molar-refractivity contribution < 1.29 is 23.5 Å². The molecule has 6 nitrogen and oxygen atoms in total. The maximum Gasteiger partial charge on any atom is 0.337 e. The lowest BCUT2D eigenvalue weighted by Crippen LogP contribution is -2.20. The molecule has 7 heteroatoms. The molecular formula is C15H11NO5S. The first-order valence-corrected chi connectivity index (χ1v) is 7.26. The van der Waals surface area contributed by atoms with Gasteiger partial charge in [-0.15, -0.1) is 0 Å². The van der Waals surface area contributed by atoms with E-state index in [0.29, 0.717) is 22.6 Å². The Bertz CT molecular complexity index is 767. The van der Waals surface area contributed by atoms with Gasteiger partial charge in [0.05, 0.1) is 12.7 Å². The molecule has 1 saturated heterocycles. The molecule has 0 bridgehead atoms. The molecule has 1 unspecified atom stereocenters. The number of imide groups is 1. The highest BCUT2D eigenvalue weighted by Crippen LogP contribution is 2.36. The average molecular weight is 317 g/mol. The van der Waals surface area contributed by atoms with Crippen LogP contribution in [-0.4, -0.2) is 24.2 Å². The molecule has 1 aliphatic heterocycles. The monoisotopic (exact) mass is 317 g/mol. The maximum atomic E-state index is 11.6. The number of thioether (sulfide) groups is 1. The van der Waals surface area contributed by atoms with Gasteiger partial charge in [0.1, 0.15) is 11.5 Å². The molecule has 0 radical (unpaired) electrons. The fourth-order valence-corrected chi connectivity index (χ4v) is 2.89. The number of hydrogen-bond donors (Lipinski definition) is 1. The van der Waals surface area contributed by atoms with E-state index >= 15 is 0 Å². The van der Waals surface area contributed by atoms with Crippen LogP contribution < -0.4 is 5.32 Å². The molecule has 2 aromatic rings. The van der Waals surface area contributed by atoms with Crippen LogP contribution in [0.2, 0.25) is 0 Å². The van der Waals surface area contributed by atoms with E-state index in [1.165, 1.54) is 7.11 Å². The van der Waals surface area contributed by atoms with Crippen molar-refractivity contribution >= 4 is 28.9 Å². The molecule has 1 N–H and O–H groups in total. The molecule has 0 aliphatic carbocycles. The van der Waals surface area contributed by atoms with Gasteiger partial charge in [-0.25, -0.2) is 4.79 Å². The van der Waals surface area contributed by atoms with Crippen molar-refractivity contribution in [3.8, 4) is 11.3 Å². The predicted octanol–water partition coefficient (Wildman–Crippen LogP) is 2.76. The van der Waals surface area contributed by atoms with Crippen molar-refractivity contribution in [3.05, 3.63) is 47.7 Å². The molecule has 2 heterocycles. The molecule has 0 spiro atoms. The number of furan rings is 1. The highest BCUT2D eigenvalue weighted by atomic mass is 32.2. The minimum absolute atomic E-state index is 0.388. The standard InChI is InChI=1S/C15H11NO5S/c1-20-14(18)9-4-2-3-8(7-9)10-5-6-11(21-10)12-13(17)16-15(19)22-12/h2-7,12H,1H3,(H,16,17,19). The van der Waals surface area contributed by atoms with Gasteiger partial charge < -0.3 is 9.15 Å². The van der Waals surface area contributed by atoms with Crippen LogP contribution in [0.15, 0.2) is 40.8 Å². The zero-order chi connectivity index (χ0) is 15.7. The number of methoxy groups -OCH3 is 1. The third-order valence-electron chi connectivity index (χ3n) is 3.14. The maximum absolute atomic E-state index is 11.6. The number of benzene rings is 1. The zero-order valence-corrected chi connectivity index (χ0v) is 12.3. The Balaban J connectivity index is 1.89. The number of carbonyl (C=O) groups excluding carboxylic acids is 3. The first kappa shape index (κ1) is 14.4. The summed E-state index contributed by atoms with van der Waals surface area (Å²) in [4.78, 5) is 34.4. The van der Waals surface area contributed by atoms with Gasteiger partial charge >= 0.3 is 5.97 Å². The molecular weight excluding hydrogens is 306 g/mol. The van der Waals surface area contributed by atoms with Crippen molar-refractivity contribution in [2.24, 2.45) is 0 Å². The summed E-state index contributed by atoms with van der Waals surface area (Å²) >= 11 is 0.880. The molecule has 1 atom stereocenters. The molecule has 0 saturated carbocycles. The number of rotatable bonds is 3. The van der Waals surface area contributed by atoms with Gasteiger partial charge in [-0.3, -0.25) is 14.9 Å². The van der Waals surface area contributed by atoms with Crippen LogP contribution >= 0.6 is 11.8 Å². The normalized spacial score (nSPS) is 17.4. The SMILES string of the molecule is COC(=O)c1cccc(-c2ccc(C3SC(=O)NC3=O)o2)c1. The second kappa shape index (κ2) is 5.69. The van der Waals surface area contributed by atoms with Crippen molar-refractivity contribution in [3.63, 3.8) is 0 Å². The van der Waals surface area contributed by atoms with E-state index < -0.39 is 11.2 Å². The molecule has 1 aromatic carbocycles. The average Bonchev–Trinajstić information content (AvgIpc) is 3.13. The Hall–Kier alpha value is -2.54. The third-order valence-corrected chi connectivity index (χ3v) is 4.14. The van der Waals surface area contributed by atoms with Crippen LogP contribution in [0.5, 0.6) is 0 Å². The predicted molar refractivity (Wildman–Crippen MR) is 79.4 cm³/mol. The Labute approximate surface area is 129 Å². The minimum Gasteiger partial charge on any atom is -0.465 e. The summed E-state index contributed by atoms with van der Waals surface area (Å²) in [6, 6.07) is 10.1. The fourth-order valence-electron chi connectivity index (χ4n) is 2.11. The summed E-state index contributed by atoms with van der Waals surface area (Å²) in [5.41, 5.74) is 1.09. The highest BCUT2D eigenvalue weighted by molar-refractivity contribution is 8.15. The Morgan fingerprint density at radius 2 is 2.09 bits per heavy atom. The number of nitrogens with one attached hydrogen (secondary N) is 1. The van der Waals surface area contributed by atoms with Crippen LogP contribution in [0.3, 0.4) is 0 Å². The number of hydrogen-bond acceptors (Lipinski definition) is 6. The lowest BCUT2D eigenvalue weighted by Gasteiger charge is -2.03. The molecule has 2 amide bonds. The minimum atomic E-state index is -0.676. The quantitative estimate of drug-likeness (QED) is 0.876. The summed E-state index contributed by atoms with van der Waals surface area (Å²) < 4.78 is 10.3. The van der Waals surface area contributed by atoms with E-state index in [1.807, 2.05) is 0 Å². The molecule has 112 valence electrons. The molecule has 1 aromatic heterocycles. The summed E-state index contributed by atoms with van der Waals surface area (Å²) in [5, 5.41) is 1.15. The number of amides is 2. The first-order chi connectivity index (χ1) is 10.6. The van der Waals surface area contributed by atoms with Crippen LogP contribution in [0.1, 0.15) is 21.4 Å². The van der Waals surface area contributed by atoms with Gasteiger partial charge in [0.2, 0.25) is 5.91 Å². The van der Waals surface area contributed by atoms with Crippen LogP contribution in [-0.2, 0) is 9.53 Å². The zero-order valence-electron chi connectivity index (χ0n) is 11.5. The summed E-state index contributed by atoms with van der Waals surface area (Å²) in [6.45, 7) is 0. The van der Waals surface area contributed by atoms with Crippen molar-refractivity contribution in [1.82, 2.24) is 5.32 Å². The smallest absolute Gasteiger partial charge is 0.337 e. The van der Waals surface area contributed by atoms with E-state index in [0.717, 1.165) is 11.8 Å². The second-order valence-electron chi connectivity index (χ2n) is 4.55. The van der Waals surface area contributed by atoms with E-state index in [9.17, 15) is 14.4 Å². The van der Waals surface area contributed by atoms with Crippen LogP contribution in [0.4, 0.5) is 4.79 Å². The third kappa shape index (κ3) is 2.62. The van der Waals surface area contributed by atoms with Crippen molar-refractivity contribution in [2.45, 2.75) is 5.25 Å². The Kier molecular flexibility index (Phi) is 3.72. The van der Waals surface area contributed by atoms with E-state index in [2.05, 4.69) is 10.1 Å². The molecule has 1 aliphatic rings. The topological polar surface area (TPSA) is 85.6 Å². The van der Waals surface area contributed by atoms with Crippen molar-refractivity contribution in [2.75, 3.05) is 7.11 Å². The lowest BCUT2D eigenvalue weighted by atomic mass is 10.1. The van der Waals surface area contributed by atoms with Gasteiger partial charge in [-0.2, -0.15) is 0 Å². The lowest BCUT2D eigenvalue weighted by molar-refractivity contribution is -0.119. The fraction of sp³-hybridized carbons (Fsp3) is 0.133. The van der Waals surface area contributed by atoms with Crippen LogP contribution in [0, 0.1) is 0 Å². The molecule has 1 fully saturated rings. The number of carbonyl (C=O) groups is 3. The van der Waals surface area contributed by atoms with Gasteiger partial charge in [-0.05, 0) is 36.0 Å². The van der Waals surface area contributed by atoms with Gasteiger partial charge in [0, 0.05) is 5.56 Å². The first-order valence-electron chi connectivity index (χ1n) is 6.38. The van der Waals surface area contributed by atoms with Gasteiger partial charge in [0.15, 0.2) is 5.25 Å². The molecule has 22 heavy (non-hydrogen) atoms. The largest absolute Gasteiger partial charge is 0.465 e. The van der Waals surface area contributed by atoms with Gasteiger partial charge in [-0.1, -0.05) is 12.1 Å². The number of ether oxygens (including phenoxy) is 1. The second-order valence-corrected chi connectivity index (χ2v) is 5.63. The summed E-state index contributed by atoms with van der Waals surface area (Å²) in [6.07, 6.45) is 0. The number of esters is 1. The Morgan fingerprint density at radius 1 is 1.27 bits per heavy atom. The van der Waals surface area contributed by atoms with E-state index in [4.69, 9.17) is 4.42 Å². The van der Waals surface area contributed by atoms with E-state index in [1.54, 1.807) is 36.4 Å². The van der Waals surface area contributed by atoms with Crippen LogP contribution in [0.25, 0.3) is 11.3 Å². The Morgan fingerprint density at radius 3 is 2.77 bits per heavy atom. The van der Waals surface area contributed by atoms with Crippen molar-refractivity contribution in [1.29, 1.82) is 0 Å². The van der Waals surface area contributed by atoms with Gasteiger partial charge in [0.25, 0.3) is 5.24 Å². The molecule has 3 rings (SSSR count). The summed E-state index contributed by atoms with van der Waals surface area (Å²) in [5.74, 6) is 0.0736. The summed E-state index contributed by atoms with van der Waals surface area (Å²) in [7, 11) is 1.31. The van der Waals surface area contributed by atoms with E-state index in [-0.39, 0.29) is 11.1 Å².